The molecule has 1 aromatic rings. The maximum atomic E-state index is 13.9. The van der Waals surface area contributed by atoms with Crippen molar-refractivity contribution in [2.45, 2.75) is 23.6 Å². The third-order valence-electron chi connectivity index (χ3n) is 3.20. The highest BCUT2D eigenvalue weighted by molar-refractivity contribution is 7.86. The number of rotatable bonds is 5. The zero-order valence-electron chi connectivity index (χ0n) is 11.3. The van der Waals surface area contributed by atoms with E-state index in [0.29, 0.717) is 0 Å². The second-order valence-electron chi connectivity index (χ2n) is 4.57. The Morgan fingerprint density at radius 2 is 2.00 bits per heavy atom. The highest BCUT2D eigenvalue weighted by Gasteiger charge is 2.39. The third kappa shape index (κ3) is 3.48. The number of methoxy groups -OCH3 is 1. The molecule has 5 nitrogen and oxygen atoms in total. The molecule has 2 rings (SSSR count). The first kappa shape index (κ1) is 15.7. The second-order valence-corrected chi connectivity index (χ2v) is 6.14. The molecule has 0 aromatic heterocycles. The number of carbonyl (C=O) groups is 1. The Morgan fingerprint density at radius 3 is 2.62 bits per heavy atom. The average Bonchev–Trinajstić information content (AvgIpc) is 2.94. The lowest BCUT2D eigenvalue weighted by Crippen LogP contribution is -2.34. The zero-order chi connectivity index (χ0) is 15.5. The lowest BCUT2D eigenvalue weighted by Gasteiger charge is -2.21. The smallest absolute Gasteiger partial charge is 0.341 e. The molecule has 114 valence electrons. The summed E-state index contributed by atoms with van der Waals surface area (Å²) in [6.45, 7) is 0. The van der Waals surface area contributed by atoms with Gasteiger partial charge in [-0.25, -0.2) is 9.18 Å². The van der Waals surface area contributed by atoms with Crippen LogP contribution in [-0.2, 0) is 23.8 Å². The van der Waals surface area contributed by atoms with Crippen LogP contribution in [0.5, 0.6) is 0 Å². The van der Waals surface area contributed by atoms with Gasteiger partial charge in [-0.1, -0.05) is 30.4 Å². The van der Waals surface area contributed by atoms with Gasteiger partial charge < -0.3 is 4.74 Å². The Bertz CT molecular complexity index is 626. The predicted octanol–water partition coefficient (Wildman–Crippen LogP) is 1.85. The van der Waals surface area contributed by atoms with Crippen molar-refractivity contribution in [2.24, 2.45) is 5.92 Å². The summed E-state index contributed by atoms with van der Waals surface area (Å²) in [6.07, 6.45) is 0.334. The van der Waals surface area contributed by atoms with Gasteiger partial charge in [0.15, 0.2) is 0 Å². The van der Waals surface area contributed by atoms with Crippen molar-refractivity contribution >= 4 is 16.1 Å². The number of halogens is 1. The van der Waals surface area contributed by atoms with Gasteiger partial charge in [0.25, 0.3) is 10.1 Å². The summed E-state index contributed by atoms with van der Waals surface area (Å²) in [5.74, 6) is -2.02. The van der Waals surface area contributed by atoms with E-state index < -0.39 is 34.3 Å². The van der Waals surface area contributed by atoms with Crippen LogP contribution >= 0.6 is 0 Å². The molecule has 0 heterocycles. The minimum absolute atomic E-state index is 0.0101. The minimum Gasteiger partial charge on any atom is -0.467 e. The molecule has 0 saturated heterocycles. The molecule has 0 N–H and O–H groups in total. The van der Waals surface area contributed by atoms with Gasteiger partial charge in [-0.3, -0.25) is 4.18 Å². The molecule has 21 heavy (non-hydrogen) atoms. The molecule has 0 radical (unpaired) electrons. The molecule has 0 unspecified atom stereocenters. The zero-order valence-corrected chi connectivity index (χ0v) is 12.1. The van der Waals surface area contributed by atoms with Crippen LogP contribution in [0.25, 0.3) is 0 Å². The first-order chi connectivity index (χ1) is 9.95. The quantitative estimate of drug-likeness (QED) is 0.471. The second kappa shape index (κ2) is 6.36. The summed E-state index contributed by atoms with van der Waals surface area (Å²) < 4.78 is 47.6. The number of carbonyl (C=O) groups excluding carboxylic acids is 1. The molecule has 1 aromatic carbocycles. The maximum Gasteiger partial charge on any atom is 0.341 e. The fraction of sp³-hybridized carbons (Fsp3) is 0.357. The van der Waals surface area contributed by atoms with Gasteiger partial charge in [-0.05, 0) is 18.6 Å². The topological polar surface area (TPSA) is 69.7 Å². The molecular formula is C14H15FO5S. The van der Waals surface area contributed by atoms with Crippen molar-refractivity contribution in [1.82, 2.24) is 0 Å². The Labute approximate surface area is 122 Å². The first-order valence-electron chi connectivity index (χ1n) is 6.32. The van der Waals surface area contributed by atoms with Gasteiger partial charge in [0, 0.05) is 5.92 Å². The lowest BCUT2D eigenvalue weighted by atomic mass is 10.0. The van der Waals surface area contributed by atoms with Crippen molar-refractivity contribution in [3.63, 3.8) is 0 Å². The maximum absolute atomic E-state index is 13.9. The van der Waals surface area contributed by atoms with Gasteiger partial charge in [-0.15, -0.1) is 0 Å². The molecule has 0 bridgehead atoms. The Hall–Kier alpha value is -1.73. The fourth-order valence-electron chi connectivity index (χ4n) is 2.12. The first-order valence-corrected chi connectivity index (χ1v) is 7.73. The van der Waals surface area contributed by atoms with Crippen molar-refractivity contribution in [3.8, 4) is 0 Å². The van der Waals surface area contributed by atoms with E-state index in [1.807, 2.05) is 0 Å². The van der Waals surface area contributed by atoms with Gasteiger partial charge in [-0.2, -0.15) is 8.42 Å². The Balaban J connectivity index is 2.14. The van der Waals surface area contributed by atoms with Crippen LogP contribution < -0.4 is 0 Å². The molecule has 0 spiro atoms. The molecule has 7 heteroatoms. The van der Waals surface area contributed by atoms with Gasteiger partial charge in [0.1, 0.15) is 0 Å². The van der Waals surface area contributed by atoms with Crippen LogP contribution in [0.1, 0.15) is 6.42 Å². The van der Waals surface area contributed by atoms with Crippen LogP contribution in [0.2, 0.25) is 0 Å². The van der Waals surface area contributed by atoms with Crippen LogP contribution in [-0.4, -0.2) is 33.8 Å². The predicted molar refractivity (Wildman–Crippen MR) is 72.7 cm³/mol. The number of hydrogen-bond acceptors (Lipinski definition) is 5. The summed E-state index contributed by atoms with van der Waals surface area (Å²) in [5.41, 5.74) is 0. The van der Waals surface area contributed by atoms with Gasteiger partial charge >= 0.3 is 5.97 Å². The molecule has 3 atom stereocenters. The van der Waals surface area contributed by atoms with Crippen LogP contribution in [0.4, 0.5) is 4.39 Å². The minimum atomic E-state index is -4.00. The number of alkyl halides is 1. The number of hydrogen-bond donors (Lipinski definition) is 0. The van der Waals surface area contributed by atoms with Crippen molar-refractivity contribution in [2.75, 3.05) is 7.11 Å². The summed E-state index contributed by atoms with van der Waals surface area (Å²) in [5, 5.41) is 0. The highest BCUT2D eigenvalue weighted by atomic mass is 32.2. The summed E-state index contributed by atoms with van der Waals surface area (Å²) in [7, 11) is -2.93. The number of benzene rings is 1. The van der Waals surface area contributed by atoms with Crippen molar-refractivity contribution in [3.05, 3.63) is 42.5 Å². The largest absolute Gasteiger partial charge is 0.467 e. The van der Waals surface area contributed by atoms with Crippen LogP contribution in [0, 0.1) is 5.92 Å². The number of esters is 1. The molecule has 0 aliphatic heterocycles. The summed E-state index contributed by atoms with van der Waals surface area (Å²) in [4.78, 5) is 11.2. The van der Waals surface area contributed by atoms with Crippen molar-refractivity contribution in [1.29, 1.82) is 0 Å². The molecule has 0 fully saturated rings. The lowest BCUT2D eigenvalue weighted by molar-refractivity contribution is -0.149. The fourth-order valence-corrected chi connectivity index (χ4v) is 3.25. The summed E-state index contributed by atoms with van der Waals surface area (Å²) in [6, 6.07) is 7.58. The molecule has 1 aliphatic rings. The highest BCUT2D eigenvalue weighted by Crippen LogP contribution is 2.30. The standard InChI is InChI=1S/C14H15FO5S/c1-19-14(16)13(15)11-8-5-9-12(11)20-21(17,18)10-6-3-2-4-7-10/h2-8,11-13H,9H2,1H3/t11-,12-,13+/m1/s1. The van der Waals surface area contributed by atoms with E-state index in [-0.39, 0.29) is 11.3 Å². The van der Waals surface area contributed by atoms with E-state index >= 15 is 0 Å². The Kier molecular flexibility index (Phi) is 4.74. The third-order valence-corrected chi connectivity index (χ3v) is 4.55. The van der Waals surface area contributed by atoms with E-state index in [1.165, 1.54) is 18.2 Å². The van der Waals surface area contributed by atoms with E-state index in [9.17, 15) is 17.6 Å². The molecule has 0 saturated carbocycles. The van der Waals surface area contributed by atoms with Gasteiger partial charge in [0.2, 0.25) is 6.17 Å². The van der Waals surface area contributed by atoms with E-state index in [2.05, 4.69) is 4.74 Å². The van der Waals surface area contributed by atoms with E-state index in [1.54, 1.807) is 24.3 Å². The van der Waals surface area contributed by atoms with Crippen LogP contribution in [0.3, 0.4) is 0 Å². The van der Waals surface area contributed by atoms with E-state index in [0.717, 1.165) is 7.11 Å². The van der Waals surface area contributed by atoms with Crippen LogP contribution in [0.15, 0.2) is 47.4 Å². The van der Waals surface area contributed by atoms with Gasteiger partial charge in [0.05, 0.1) is 18.1 Å². The summed E-state index contributed by atoms with van der Waals surface area (Å²) >= 11 is 0. The average molecular weight is 314 g/mol. The SMILES string of the molecule is COC(=O)[C@@H](F)[C@@H]1C=CC[C@H]1OS(=O)(=O)c1ccccc1. The number of ether oxygens (including phenoxy) is 1. The van der Waals surface area contributed by atoms with E-state index in [4.69, 9.17) is 4.18 Å². The molecule has 1 aliphatic carbocycles. The molecular weight excluding hydrogens is 299 g/mol. The normalized spacial score (nSPS) is 23.0. The molecule has 0 amide bonds. The monoisotopic (exact) mass is 314 g/mol. The Morgan fingerprint density at radius 1 is 1.33 bits per heavy atom. The van der Waals surface area contributed by atoms with Crippen molar-refractivity contribution < 1.29 is 26.5 Å².